The first-order valence-corrected chi connectivity index (χ1v) is 8.89. The Morgan fingerprint density at radius 3 is 2.56 bits per heavy atom. The lowest BCUT2D eigenvalue weighted by Crippen LogP contribution is -2.36. The Bertz CT molecular complexity index is 873. The van der Waals surface area contributed by atoms with Gasteiger partial charge in [0.2, 0.25) is 5.76 Å². The number of likely N-dealkylation sites (N-methyl/N-ethyl adjacent to an activating group) is 1. The summed E-state index contributed by atoms with van der Waals surface area (Å²) < 4.78 is 5.37. The van der Waals surface area contributed by atoms with Crippen molar-refractivity contribution >= 4 is 5.91 Å². The first-order valence-electron chi connectivity index (χ1n) is 8.89. The highest BCUT2D eigenvalue weighted by Gasteiger charge is 2.21. The molecule has 140 valence electrons. The molecule has 0 aliphatic rings. The van der Waals surface area contributed by atoms with Gasteiger partial charge in [0, 0.05) is 43.7 Å². The molecular weight excluding hydrogens is 340 g/mol. The van der Waals surface area contributed by atoms with Crippen LogP contribution in [0, 0.1) is 6.92 Å². The third-order valence-electron chi connectivity index (χ3n) is 4.27. The summed E-state index contributed by atoms with van der Waals surface area (Å²) in [5.74, 6) is 0.0692. The number of aromatic nitrogens is 2. The molecule has 0 spiro atoms. The molecule has 1 aromatic carbocycles. The highest BCUT2D eigenvalue weighted by atomic mass is 16.5. The number of hydrogen-bond acceptors (Lipinski definition) is 5. The van der Waals surface area contributed by atoms with E-state index in [9.17, 15) is 4.79 Å². The Morgan fingerprint density at radius 1 is 1.11 bits per heavy atom. The van der Waals surface area contributed by atoms with Gasteiger partial charge in [-0.2, -0.15) is 0 Å². The molecule has 2 aromatic heterocycles. The minimum Gasteiger partial charge on any atom is -0.350 e. The molecular formula is C21H24N4O2. The van der Waals surface area contributed by atoms with Crippen LogP contribution < -0.4 is 0 Å². The molecule has 6 nitrogen and oxygen atoms in total. The van der Waals surface area contributed by atoms with Gasteiger partial charge in [-0.1, -0.05) is 41.1 Å². The molecule has 1 amide bonds. The largest absolute Gasteiger partial charge is 0.350 e. The zero-order valence-corrected chi connectivity index (χ0v) is 15.9. The van der Waals surface area contributed by atoms with Crippen LogP contribution in [0.15, 0.2) is 59.4 Å². The van der Waals surface area contributed by atoms with Crippen molar-refractivity contribution in [3.05, 3.63) is 71.7 Å². The van der Waals surface area contributed by atoms with Gasteiger partial charge in [0.25, 0.3) is 5.91 Å². The monoisotopic (exact) mass is 364 g/mol. The van der Waals surface area contributed by atoms with E-state index in [1.54, 1.807) is 23.4 Å². The second-order valence-electron chi connectivity index (χ2n) is 6.83. The topological polar surface area (TPSA) is 62.5 Å². The van der Waals surface area contributed by atoms with Crippen LogP contribution in [0.5, 0.6) is 0 Å². The predicted molar refractivity (Wildman–Crippen MR) is 104 cm³/mol. The fourth-order valence-corrected chi connectivity index (χ4v) is 2.68. The summed E-state index contributed by atoms with van der Waals surface area (Å²) in [5, 5.41) is 4.08. The maximum atomic E-state index is 13.0. The smallest absolute Gasteiger partial charge is 0.292 e. The van der Waals surface area contributed by atoms with Gasteiger partial charge in [-0.05, 0) is 32.6 Å². The van der Waals surface area contributed by atoms with Crippen LogP contribution in [0.1, 0.15) is 21.7 Å². The number of carbonyl (C=O) groups excluding carboxylic acids is 1. The van der Waals surface area contributed by atoms with Crippen LogP contribution in [0.3, 0.4) is 0 Å². The normalized spacial score (nSPS) is 11.0. The molecule has 2 heterocycles. The summed E-state index contributed by atoms with van der Waals surface area (Å²) in [4.78, 5) is 20.9. The number of rotatable bonds is 7. The average molecular weight is 364 g/mol. The van der Waals surface area contributed by atoms with E-state index in [-0.39, 0.29) is 11.7 Å². The molecule has 0 bridgehead atoms. The van der Waals surface area contributed by atoms with Crippen molar-refractivity contribution in [3.63, 3.8) is 0 Å². The third-order valence-corrected chi connectivity index (χ3v) is 4.27. The highest BCUT2D eigenvalue weighted by molar-refractivity contribution is 5.92. The van der Waals surface area contributed by atoms with Crippen molar-refractivity contribution in [1.29, 1.82) is 0 Å². The Hall–Kier alpha value is -2.99. The number of nitrogens with zero attached hydrogens (tertiary/aromatic N) is 4. The van der Waals surface area contributed by atoms with E-state index in [1.165, 1.54) is 5.56 Å². The number of amides is 1. The molecule has 3 rings (SSSR count). The van der Waals surface area contributed by atoms with E-state index < -0.39 is 0 Å². The van der Waals surface area contributed by atoms with E-state index in [4.69, 9.17) is 4.52 Å². The van der Waals surface area contributed by atoms with E-state index in [1.807, 2.05) is 62.3 Å². The van der Waals surface area contributed by atoms with E-state index >= 15 is 0 Å². The fraction of sp³-hybridized carbons (Fsp3) is 0.286. The van der Waals surface area contributed by atoms with Gasteiger partial charge >= 0.3 is 0 Å². The van der Waals surface area contributed by atoms with Crippen LogP contribution in [-0.4, -0.2) is 53.0 Å². The lowest BCUT2D eigenvalue weighted by atomic mass is 10.1. The Labute approximate surface area is 159 Å². The molecule has 0 aliphatic carbocycles. The van der Waals surface area contributed by atoms with Gasteiger partial charge in [0.15, 0.2) is 0 Å². The Morgan fingerprint density at radius 2 is 1.89 bits per heavy atom. The second-order valence-corrected chi connectivity index (χ2v) is 6.83. The number of pyridine rings is 1. The molecule has 0 saturated heterocycles. The molecule has 0 atom stereocenters. The van der Waals surface area contributed by atoms with Crippen LogP contribution >= 0.6 is 0 Å². The zero-order valence-electron chi connectivity index (χ0n) is 15.9. The SMILES string of the molecule is Cc1ccc(-c2cc(C(=O)N(CCN(C)C)Cc3cccnc3)on2)cc1. The number of aryl methyl sites for hydroxylation is 1. The van der Waals surface area contributed by atoms with Crippen molar-refractivity contribution in [2.45, 2.75) is 13.5 Å². The quantitative estimate of drug-likeness (QED) is 0.644. The standard InChI is InChI=1S/C21H24N4O2/c1-16-6-8-18(9-7-16)19-13-20(27-23-19)21(26)25(12-11-24(2)3)15-17-5-4-10-22-14-17/h4-10,13-14H,11-12,15H2,1-3H3. The van der Waals surface area contributed by atoms with Crippen LogP contribution in [0.4, 0.5) is 0 Å². The maximum Gasteiger partial charge on any atom is 0.292 e. The van der Waals surface area contributed by atoms with E-state index in [0.29, 0.717) is 18.8 Å². The summed E-state index contributed by atoms with van der Waals surface area (Å²) in [6.07, 6.45) is 3.49. The number of benzene rings is 1. The van der Waals surface area contributed by atoms with Crippen LogP contribution in [0.2, 0.25) is 0 Å². The van der Waals surface area contributed by atoms with Crippen LogP contribution in [-0.2, 0) is 6.54 Å². The Balaban J connectivity index is 1.79. The van der Waals surface area contributed by atoms with Gasteiger partial charge in [0.05, 0.1) is 0 Å². The summed E-state index contributed by atoms with van der Waals surface area (Å²) in [6, 6.07) is 13.5. The lowest BCUT2D eigenvalue weighted by molar-refractivity contribution is 0.0690. The van der Waals surface area contributed by atoms with Gasteiger partial charge in [-0.15, -0.1) is 0 Å². The number of hydrogen-bond donors (Lipinski definition) is 0. The van der Waals surface area contributed by atoms with Crippen LogP contribution in [0.25, 0.3) is 11.3 Å². The molecule has 0 N–H and O–H groups in total. The molecule has 0 unspecified atom stereocenters. The molecule has 6 heteroatoms. The molecule has 0 aliphatic heterocycles. The molecule has 0 radical (unpaired) electrons. The third kappa shape index (κ3) is 5.01. The fourth-order valence-electron chi connectivity index (χ4n) is 2.68. The molecule has 3 aromatic rings. The van der Waals surface area contributed by atoms with Gasteiger partial charge in [-0.3, -0.25) is 9.78 Å². The zero-order chi connectivity index (χ0) is 19.2. The van der Waals surface area contributed by atoms with Crippen molar-refractivity contribution in [1.82, 2.24) is 19.9 Å². The van der Waals surface area contributed by atoms with Crippen molar-refractivity contribution in [2.24, 2.45) is 0 Å². The average Bonchev–Trinajstić information content (AvgIpc) is 3.16. The van der Waals surface area contributed by atoms with Crippen molar-refractivity contribution in [3.8, 4) is 11.3 Å². The van der Waals surface area contributed by atoms with Crippen molar-refractivity contribution in [2.75, 3.05) is 27.2 Å². The molecule has 27 heavy (non-hydrogen) atoms. The summed E-state index contributed by atoms with van der Waals surface area (Å²) >= 11 is 0. The first-order chi connectivity index (χ1) is 13.0. The minimum atomic E-state index is -0.174. The van der Waals surface area contributed by atoms with Gasteiger partial charge < -0.3 is 14.3 Å². The summed E-state index contributed by atoms with van der Waals surface area (Å²) in [5.41, 5.74) is 3.73. The predicted octanol–water partition coefficient (Wildman–Crippen LogP) is 3.25. The van der Waals surface area contributed by atoms with Gasteiger partial charge in [0.1, 0.15) is 5.69 Å². The maximum absolute atomic E-state index is 13.0. The minimum absolute atomic E-state index is 0.174. The van der Waals surface area contributed by atoms with Gasteiger partial charge in [-0.25, -0.2) is 0 Å². The molecule has 0 saturated carbocycles. The summed E-state index contributed by atoms with van der Waals surface area (Å²) in [6.45, 7) is 3.84. The Kier molecular flexibility index (Phi) is 5.98. The first kappa shape index (κ1) is 18.8. The van der Waals surface area contributed by atoms with E-state index in [0.717, 1.165) is 17.7 Å². The number of carbonyl (C=O) groups is 1. The van der Waals surface area contributed by atoms with Crippen molar-refractivity contribution < 1.29 is 9.32 Å². The lowest BCUT2D eigenvalue weighted by Gasteiger charge is -2.23. The van der Waals surface area contributed by atoms with E-state index in [2.05, 4.69) is 10.1 Å². The molecule has 0 fully saturated rings. The second kappa shape index (κ2) is 8.60. The summed E-state index contributed by atoms with van der Waals surface area (Å²) in [7, 11) is 3.97. The highest BCUT2D eigenvalue weighted by Crippen LogP contribution is 2.21.